The van der Waals surface area contributed by atoms with Crippen molar-refractivity contribution in [3.63, 3.8) is 0 Å². The van der Waals surface area contributed by atoms with Crippen LogP contribution in [-0.2, 0) is 16.1 Å². The van der Waals surface area contributed by atoms with Crippen molar-refractivity contribution in [2.24, 2.45) is 5.73 Å². The molecule has 0 saturated carbocycles. The second-order valence-corrected chi connectivity index (χ2v) is 5.19. The van der Waals surface area contributed by atoms with E-state index in [1.807, 2.05) is 4.52 Å². The largest absolute Gasteiger partial charge is 0.381 e. The molecule has 1 aliphatic rings. The maximum atomic E-state index is 5.37. The highest BCUT2D eigenvalue weighted by molar-refractivity contribution is 7.16. The van der Waals surface area contributed by atoms with Gasteiger partial charge in [-0.15, -0.1) is 10.2 Å². The van der Waals surface area contributed by atoms with Crippen LogP contribution in [0, 0.1) is 0 Å². The van der Waals surface area contributed by atoms with Crippen LogP contribution >= 0.6 is 11.3 Å². The average Bonchev–Trinajstić information content (AvgIpc) is 3.03. The highest BCUT2D eigenvalue weighted by Gasteiger charge is 2.24. The molecule has 2 aromatic heterocycles. The quantitative estimate of drug-likeness (QED) is 0.778. The predicted molar refractivity (Wildman–Crippen MR) is 65.5 cm³/mol. The molecule has 0 aromatic carbocycles. The van der Waals surface area contributed by atoms with Gasteiger partial charge in [-0.05, 0) is 6.42 Å². The Kier molecular flexibility index (Phi) is 3.50. The van der Waals surface area contributed by atoms with Crippen LogP contribution in [-0.4, -0.2) is 46.2 Å². The first-order chi connectivity index (χ1) is 8.88. The van der Waals surface area contributed by atoms with Crippen LogP contribution in [0.15, 0.2) is 0 Å². The number of nitrogens with two attached hydrogens (primary N) is 1. The van der Waals surface area contributed by atoms with Crippen molar-refractivity contribution < 1.29 is 9.47 Å². The average molecular weight is 269 g/mol. The molecule has 0 aliphatic carbocycles. The molecule has 0 amide bonds. The number of rotatable bonds is 5. The van der Waals surface area contributed by atoms with E-state index in [1.54, 1.807) is 0 Å². The Labute approximate surface area is 108 Å². The van der Waals surface area contributed by atoms with Crippen LogP contribution in [0.3, 0.4) is 0 Å². The van der Waals surface area contributed by atoms with Crippen molar-refractivity contribution in [3.05, 3.63) is 10.8 Å². The fourth-order valence-electron chi connectivity index (χ4n) is 1.97. The molecule has 98 valence electrons. The summed E-state index contributed by atoms with van der Waals surface area (Å²) in [5.74, 6) is 1.20. The van der Waals surface area contributed by atoms with Crippen LogP contribution in [0.2, 0.25) is 0 Å². The summed E-state index contributed by atoms with van der Waals surface area (Å²) < 4.78 is 12.6. The van der Waals surface area contributed by atoms with E-state index >= 15 is 0 Å². The van der Waals surface area contributed by atoms with Crippen molar-refractivity contribution >= 4 is 16.3 Å². The molecule has 1 fully saturated rings. The van der Waals surface area contributed by atoms with Gasteiger partial charge in [0.05, 0.1) is 13.2 Å². The first kappa shape index (κ1) is 12.0. The smallest absolute Gasteiger partial charge is 0.234 e. The molecule has 8 heteroatoms. The lowest BCUT2D eigenvalue weighted by Crippen LogP contribution is -2.08. The highest BCUT2D eigenvalue weighted by atomic mass is 32.1. The summed E-state index contributed by atoms with van der Waals surface area (Å²) in [4.78, 5) is 0.809. The first-order valence-electron chi connectivity index (χ1n) is 5.95. The van der Waals surface area contributed by atoms with Crippen LogP contribution in [0.1, 0.15) is 23.2 Å². The minimum absolute atomic E-state index is 0.305. The summed E-state index contributed by atoms with van der Waals surface area (Å²) in [5, 5.41) is 13.7. The fraction of sp³-hybridized carbons (Fsp3) is 0.700. The van der Waals surface area contributed by atoms with E-state index in [4.69, 9.17) is 15.2 Å². The molecule has 1 unspecified atom stereocenters. The number of hydrogen-bond acceptors (Lipinski definition) is 7. The molecular formula is C10H15N5O2S. The molecule has 1 aliphatic heterocycles. The van der Waals surface area contributed by atoms with E-state index < -0.39 is 0 Å². The Morgan fingerprint density at radius 2 is 2.44 bits per heavy atom. The standard InChI is InChI=1S/C10H15N5O2S/c11-2-4-17-6-8-14-15-9(7-1-3-16-5-7)12-13-10(15)18-8/h7H,1-6,11H2. The van der Waals surface area contributed by atoms with Crippen molar-refractivity contribution in [2.45, 2.75) is 18.9 Å². The third-order valence-corrected chi connectivity index (χ3v) is 3.71. The topological polar surface area (TPSA) is 87.6 Å². The Balaban J connectivity index is 1.79. The van der Waals surface area contributed by atoms with E-state index in [9.17, 15) is 0 Å². The summed E-state index contributed by atoms with van der Waals surface area (Å²) >= 11 is 1.50. The van der Waals surface area contributed by atoms with Gasteiger partial charge in [0, 0.05) is 19.1 Å². The van der Waals surface area contributed by atoms with Gasteiger partial charge in [-0.2, -0.15) is 9.61 Å². The molecule has 3 rings (SSSR count). The Hall–Kier alpha value is -1.09. The number of fused-ring (bicyclic) bond motifs is 1. The lowest BCUT2D eigenvalue weighted by Gasteiger charge is -2.02. The van der Waals surface area contributed by atoms with E-state index in [2.05, 4.69) is 15.3 Å². The van der Waals surface area contributed by atoms with Crippen LogP contribution in [0.25, 0.3) is 4.96 Å². The van der Waals surface area contributed by atoms with Gasteiger partial charge in [0.25, 0.3) is 0 Å². The summed E-state index contributed by atoms with van der Waals surface area (Å²) in [6.07, 6.45) is 0.983. The van der Waals surface area contributed by atoms with Gasteiger partial charge in [0.15, 0.2) is 5.82 Å². The molecule has 0 bridgehead atoms. The maximum Gasteiger partial charge on any atom is 0.234 e. The van der Waals surface area contributed by atoms with Crippen LogP contribution < -0.4 is 5.73 Å². The number of nitrogens with zero attached hydrogens (tertiary/aromatic N) is 4. The first-order valence-corrected chi connectivity index (χ1v) is 6.76. The molecule has 2 aromatic rings. The minimum atomic E-state index is 0.305. The highest BCUT2D eigenvalue weighted by Crippen LogP contribution is 2.25. The third kappa shape index (κ3) is 2.24. The zero-order valence-corrected chi connectivity index (χ0v) is 10.7. The third-order valence-electron chi connectivity index (χ3n) is 2.84. The number of aromatic nitrogens is 4. The Morgan fingerprint density at radius 3 is 3.22 bits per heavy atom. The second kappa shape index (κ2) is 5.27. The molecule has 1 saturated heterocycles. The molecule has 0 radical (unpaired) electrons. The lowest BCUT2D eigenvalue weighted by atomic mass is 10.1. The van der Waals surface area contributed by atoms with Crippen molar-refractivity contribution in [3.8, 4) is 0 Å². The monoisotopic (exact) mass is 269 g/mol. The lowest BCUT2D eigenvalue weighted by molar-refractivity contribution is 0.127. The molecule has 3 heterocycles. The van der Waals surface area contributed by atoms with Gasteiger partial charge in [-0.1, -0.05) is 11.3 Å². The zero-order valence-electron chi connectivity index (χ0n) is 9.91. The summed E-state index contributed by atoms with van der Waals surface area (Å²) in [5.41, 5.74) is 5.37. The number of hydrogen-bond donors (Lipinski definition) is 1. The van der Waals surface area contributed by atoms with E-state index in [1.165, 1.54) is 11.3 Å². The van der Waals surface area contributed by atoms with E-state index in [0.29, 0.717) is 32.3 Å². The zero-order chi connectivity index (χ0) is 12.4. The summed E-state index contributed by atoms with van der Waals surface area (Å²) in [7, 11) is 0. The van der Waals surface area contributed by atoms with Gasteiger partial charge in [-0.3, -0.25) is 0 Å². The van der Waals surface area contributed by atoms with Crippen molar-refractivity contribution in [1.29, 1.82) is 0 Å². The van der Waals surface area contributed by atoms with E-state index in [0.717, 1.165) is 28.8 Å². The Bertz CT molecular complexity index is 519. The van der Waals surface area contributed by atoms with Gasteiger partial charge < -0.3 is 15.2 Å². The number of ether oxygens (including phenoxy) is 2. The maximum absolute atomic E-state index is 5.37. The van der Waals surface area contributed by atoms with Crippen molar-refractivity contribution in [2.75, 3.05) is 26.4 Å². The molecule has 0 spiro atoms. The van der Waals surface area contributed by atoms with Gasteiger partial charge in [0.1, 0.15) is 11.6 Å². The summed E-state index contributed by atoms with van der Waals surface area (Å²) in [6.45, 7) is 3.04. The molecule has 2 N–H and O–H groups in total. The molecule has 7 nitrogen and oxygen atoms in total. The van der Waals surface area contributed by atoms with Gasteiger partial charge in [-0.25, -0.2) is 0 Å². The van der Waals surface area contributed by atoms with Crippen LogP contribution in [0.5, 0.6) is 0 Å². The van der Waals surface area contributed by atoms with Crippen LogP contribution in [0.4, 0.5) is 0 Å². The Morgan fingerprint density at radius 1 is 1.50 bits per heavy atom. The molecule has 18 heavy (non-hydrogen) atoms. The predicted octanol–water partition coefficient (Wildman–Crippen LogP) is 0.165. The molecular weight excluding hydrogens is 254 g/mol. The van der Waals surface area contributed by atoms with E-state index in [-0.39, 0.29) is 0 Å². The fourth-order valence-corrected chi connectivity index (χ4v) is 2.74. The second-order valence-electron chi connectivity index (χ2n) is 4.15. The van der Waals surface area contributed by atoms with Gasteiger partial charge >= 0.3 is 0 Å². The van der Waals surface area contributed by atoms with Crippen molar-refractivity contribution in [1.82, 2.24) is 19.8 Å². The normalized spacial score (nSPS) is 19.9. The minimum Gasteiger partial charge on any atom is -0.381 e. The van der Waals surface area contributed by atoms with Gasteiger partial charge in [0.2, 0.25) is 4.96 Å². The SMILES string of the molecule is NCCOCc1nn2c(C3CCOC3)nnc2s1. The summed E-state index contributed by atoms with van der Waals surface area (Å²) in [6, 6.07) is 0. The molecule has 1 atom stereocenters.